The van der Waals surface area contributed by atoms with Crippen LogP contribution in [-0.4, -0.2) is 23.0 Å². The van der Waals surface area contributed by atoms with Gasteiger partial charge in [0.05, 0.1) is 0 Å². The number of piperidine rings is 1. The van der Waals surface area contributed by atoms with E-state index in [4.69, 9.17) is 0 Å². The predicted octanol–water partition coefficient (Wildman–Crippen LogP) is 3.19. The van der Waals surface area contributed by atoms with Crippen molar-refractivity contribution in [1.82, 2.24) is 9.88 Å². The van der Waals surface area contributed by atoms with Crippen LogP contribution < -0.4 is 0 Å². The van der Waals surface area contributed by atoms with Gasteiger partial charge in [-0.15, -0.1) is 0 Å². The fraction of sp³-hybridized carbons (Fsp3) is 0.643. The van der Waals surface area contributed by atoms with Crippen molar-refractivity contribution >= 4 is 0 Å². The maximum Gasteiger partial charge on any atom is 0.0315 e. The molecule has 16 heavy (non-hydrogen) atoms. The molecule has 2 nitrogen and oxygen atoms in total. The monoisotopic (exact) mass is 218 g/mol. The summed E-state index contributed by atoms with van der Waals surface area (Å²) in [6.45, 7) is 8.12. The van der Waals surface area contributed by atoms with E-state index in [2.05, 4.69) is 29.8 Å². The second-order valence-electron chi connectivity index (χ2n) is 5.07. The third kappa shape index (κ3) is 2.82. The van der Waals surface area contributed by atoms with Crippen molar-refractivity contribution in [2.24, 2.45) is 0 Å². The molecule has 2 heteroatoms. The first-order valence-corrected chi connectivity index (χ1v) is 6.42. The lowest BCUT2D eigenvalue weighted by Crippen LogP contribution is -2.29. The van der Waals surface area contributed by atoms with Gasteiger partial charge in [-0.2, -0.15) is 0 Å². The number of pyridine rings is 1. The molecule has 0 saturated carbocycles. The molecule has 0 aliphatic carbocycles. The van der Waals surface area contributed by atoms with E-state index >= 15 is 0 Å². The number of rotatable bonds is 3. The Hall–Kier alpha value is -0.890. The average molecular weight is 218 g/mol. The van der Waals surface area contributed by atoms with E-state index in [-0.39, 0.29) is 0 Å². The Balaban J connectivity index is 2.07. The van der Waals surface area contributed by atoms with Crippen molar-refractivity contribution in [2.75, 3.05) is 13.1 Å². The molecule has 1 saturated heterocycles. The summed E-state index contributed by atoms with van der Waals surface area (Å²) in [4.78, 5) is 6.83. The summed E-state index contributed by atoms with van der Waals surface area (Å²) in [5, 5.41) is 0. The summed E-state index contributed by atoms with van der Waals surface area (Å²) >= 11 is 0. The zero-order chi connectivity index (χ0) is 11.4. The van der Waals surface area contributed by atoms with E-state index < -0.39 is 0 Å². The summed E-state index contributed by atoms with van der Waals surface area (Å²) in [6, 6.07) is 2.17. The summed E-state index contributed by atoms with van der Waals surface area (Å²) in [6.07, 6.45) is 8.08. The minimum absolute atomic E-state index is 0.600. The van der Waals surface area contributed by atoms with E-state index in [1.54, 1.807) is 0 Å². The quantitative estimate of drug-likeness (QED) is 0.774. The molecule has 1 aromatic heterocycles. The number of hydrogen-bond acceptors (Lipinski definition) is 2. The Labute approximate surface area is 98.7 Å². The molecule has 0 N–H and O–H groups in total. The lowest BCUT2D eigenvalue weighted by atomic mass is 9.98. The van der Waals surface area contributed by atoms with Gasteiger partial charge in [-0.05, 0) is 49.0 Å². The van der Waals surface area contributed by atoms with Gasteiger partial charge in [-0.1, -0.05) is 20.3 Å². The highest BCUT2D eigenvalue weighted by atomic mass is 15.1. The van der Waals surface area contributed by atoms with Gasteiger partial charge < -0.3 is 0 Å². The van der Waals surface area contributed by atoms with Crippen molar-refractivity contribution in [1.29, 1.82) is 0 Å². The van der Waals surface area contributed by atoms with Crippen molar-refractivity contribution in [2.45, 2.75) is 45.6 Å². The molecule has 2 heterocycles. The van der Waals surface area contributed by atoms with Gasteiger partial charge in [-0.3, -0.25) is 9.88 Å². The highest BCUT2D eigenvalue weighted by Crippen LogP contribution is 2.21. The largest absolute Gasteiger partial charge is 0.299 e. The minimum Gasteiger partial charge on any atom is -0.299 e. The second-order valence-corrected chi connectivity index (χ2v) is 5.07. The molecular formula is C14H22N2. The number of hydrogen-bond donors (Lipinski definition) is 0. The lowest BCUT2D eigenvalue weighted by Gasteiger charge is -2.27. The molecule has 0 spiro atoms. The second kappa shape index (κ2) is 5.44. The first-order valence-electron chi connectivity index (χ1n) is 6.42. The summed E-state index contributed by atoms with van der Waals surface area (Å²) in [5.41, 5.74) is 2.87. The predicted molar refractivity (Wildman–Crippen MR) is 67.5 cm³/mol. The van der Waals surface area contributed by atoms with Crippen LogP contribution in [0.4, 0.5) is 0 Å². The van der Waals surface area contributed by atoms with Crippen molar-refractivity contribution in [3.8, 4) is 0 Å². The van der Waals surface area contributed by atoms with Crippen LogP contribution in [0.2, 0.25) is 0 Å². The van der Waals surface area contributed by atoms with Crippen LogP contribution in [0.5, 0.6) is 0 Å². The van der Waals surface area contributed by atoms with Gasteiger partial charge in [0.25, 0.3) is 0 Å². The first-order chi connectivity index (χ1) is 7.77. The van der Waals surface area contributed by atoms with E-state index in [1.165, 1.54) is 43.5 Å². The molecule has 0 unspecified atom stereocenters. The molecule has 1 fully saturated rings. The number of nitrogens with zero attached hydrogens (tertiary/aromatic N) is 2. The van der Waals surface area contributed by atoms with Gasteiger partial charge in [0, 0.05) is 18.9 Å². The topological polar surface area (TPSA) is 16.1 Å². The molecule has 1 aromatic rings. The standard InChI is InChI=1S/C14H22N2/c1-12(2)14-6-7-15-10-13(14)11-16-8-4-3-5-9-16/h6-7,10,12H,3-5,8-9,11H2,1-2H3. The van der Waals surface area contributed by atoms with Gasteiger partial charge in [-0.25, -0.2) is 0 Å². The first kappa shape index (κ1) is 11.6. The summed E-state index contributed by atoms with van der Waals surface area (Å²) in [5.74, 6) is 0.600. The minimum atomic E-state index is 0.600. The van der Waals surface area contributed by atoms with Crippen molar-refractivity contribution in [3.05, 3.63) is 29.6 Å². The highest BCUT2D eigenvalue weighted by molar-refractivity contribution is 5.26. The molecule has 0 radical (unpaired) electrons. The third-order valence-electron chi connectivity index (χ3n) is 3.41. The average Bonchev–Trinajstić information content (AvgIpc) is 2.31. The number of likely N-dealkylation sites (tertiary alicyclic amines) is 1. The molecule has 2 rings (SSSR count). The number of aromatic nitrogens is 1. The van der Waals surface area contributed by atoms with E-state index in [1.807, 2.05) is 12.4 Å². The van der Waals surface area contributed by atoms with Crippen LogP contribution in [0, 0.1) is 0 Å². The zero-order valence-electron chi connectivity index (χ0n) is 10.4. The molecule has 0 amide bonds. The molecule has 0 aromatic carbocycles. The summed E-state index contributed by atoms with van der Waals surface area (Å²) in [7, 11) is 0. The summed E-state index contributed by atoms with van der Waals surface area (Å²) < 4.78 is 0. The Morgan fingerprint density at radius 3 is 2.69 bits per heavy atom. The van der Waals surface area contributed by atoms with Crippen LogP contribution in [0.15, 0.2) is 18.5 Å². The Morgan fingerprint density at radius 1 is 1.25 bits per heavy atom. The van der Waals surface area contributed by atoms with E-state index in [9.17, 15) is 0 Å². The smallest absolute Gasteiger partial charge is 0.0315 e. The van der Waals surface area contributed by atoms with Crippen LogP contribution >= 0.6 is 0 Å². The van der Waals surface area contributed by atoms with E-state index in [0.29, 0.717) is 5.92 Å². The fourth-order valence-corrected chi connectivity index (χ4v) is 2.49. The van der Waals surface area contributed by atoms with Crippen molar-refractivity contribution in [3.63, 3.8) is 0 Å². The van der Waals surface area contributed by atoms with Crippen LogP contribution in [0.1, 0.15) is 50.2 Å². The fourth-order valence-electron chi connectivity index (χ4n) is 2.49. The normalized spacial score (nSPS) is 17.9. The molecule has 88 valence electrons. The highest BCUT2D eigenvalue weighted by Gasteiger charge is 2.13. The van der Waals surface area contributed by atoms with Crippen molar-refractivity contribution < 1.29 is 0 Å². The SMILES string of the molecule is CC(C)c1ccncc1CN1CCCCC1. The maximum atomic E-state index is 4.27. The van der Waals surface area contributed by atoms with Crippen LogP contribution in [0.25, 0.3) is 0 Å². The lowest BCUT2D eigenvalue weighted by molar-refractivity contribution is 0.220. The van der Waals surface area contributed by atoms with Gasteiger partial charge in [0.2, 0.25) is 0 Å². The Morgan fingerprint density at radius 2 is 2.00 bits per heavy atom. The zero-order valence-corrected chi connectivity index (χ0v) is 10.4. The molecule has 1 aliphatic rings. The van der Waals surface area contributed by atoms with Gasteiger partial charge in [0.15, 0.2) is 0 Å². The maximum absolute atomic E-state index is 4.27. The van der Waals surface area contributed by atoms with Gasteiger partial charge in [0.1, 0.15) is 0 Å². The molecule has 0 atom stereocenters. The third-order valence-corrected chi connectivity index (χ3v) is 3.41. The van der Waals surface area contributed by atoms with Gasteiger partial charge >= 0.3 is 0 Å². The van der Waals surface area contributed by atoms with Crippen LogP contribution in [-0.2, 0) is 6.54 Å². The Bertz CT molecular complexity index is 327. The molecule has 0 bridgehead atoms. The molecule has 1 aliphatic heterocycles. The van der Waals surface area contributed by atoms with E-state index in [0.717, 1.165) is 6.54 Å². The van der Waals surface area contributed by atoms with Crippen LogP contribution in [0.3, 0.4) is 0 Å². The molecular weight excluding hydrogens is 196 g/mol. The Kier molecular flexibility index (Phi) is 3.94.